The zero-order chi connectivity index (χ0) is 20.2. The minimum atomic E-state index is -1.31. The lowest BCUT2D eigenvalue weighted by molar-refractivity contribution is -0.140. The molecule has 0 bridgehead atoms. The van der Waals surface area contributed by atoms with Gasteiger partial charge < -0.3 is 30.2 Å². The first kappa shape index (κ1) is 20.0. The average molecular weight is 378 g/mol. The highest BCUT2D eigenvalue weighted by atomic mass is 16.6. The lowest BCUT2D eigenvalue weighted by Crippen LogP contribution is -2.46. The smallest absolute Gasteiger partial charge is 0.408 e. The molecule has 27 heavy (non-hydrogen) atoms. The van der Waals surface area contributed by atoms with E-state index in [0.717, 1.165) is 0 Å². The Hall–Kier alpha value is -3.30. The number of nitrogens with two attached hydrogens (primary N) is 1. The van der Waals surface area contributed by atoms with Gasteiger partial charge in [0.1, 0.15) is 18.0 Å². The van der Waals surface area contributed by atoms with Crippen molar-refractivity contribution in [3.8, 4) is 17.1 Å². The van der Waals surface area contributed by atoms with Crippen LogP contribution in [0.1, 0.15) is 26.7 Å². The maximum atomic E-state index is 11.8. The first-order valence-corrected chi connectivity index (χ1v) is 8.10. The molecule has 1 amide bonds. The highest BCUT2D eigenvalue weighted by Gasteiger charge is 2.25. The molecular formula is C17H22N4O6. The number of nitrogen functional groups attached to an aromatic ring is 1. The van der Waals surface area contributed by atoms with Crippen molar-refractivity contribution in [3.63, 3.8) is 0 Å². The molecule has 1 atom stereocenters. The molecule has 146 valence electrons. The Morgan fingerprint density at radius 3 is 2.59 bits per heavy atom. The van der Waals surface area contributed by atoms with E-state index >= 15 is 0 Å². The lowest BCUT2D eigenvalue weighted by atomic mass is 10.2. The van der Waals surface area contributed by atoms with E-state index in [1.165, 1.54) is 0 Å². The molecule has 4 N–H and O–H groups in total. The SMILES string of the molecule is Cc1nc(-c2ccc(OCC(NC(=O)OC(C)(C)C)C(=O)O)c(N)c2)no1. The Bertz CT molecular complexity index is 827. The summed E-state index contributed by atoms with van der Waals surface area (Å²) in [5, 5.41) is 15.3. The van der Waals surface area contributed by atoms with Crippen LogP contribution >= 0.6 is 0 Å². The Kier molecular flexibility index (Phi) is 5.88. The monoisotopic (exact) mass is 378 g/mol. The summed E-state index contributed by atoms with van der Waals surface area (Å²) in [5.74, 6) is -0.211. The first-order chi connectivity index (χ1) is 12.5. The number of benzene rings is 1. The standard InChI is InChI=1S/C17H22N4O6/c1-9-19-14(21-27-9)10-5-6-13(11(18)7-10)25-8-12(15(22)23)20-16(24)26-17(2,3)4/h5-7,12H,8,18H2,1-4H3,(H,20,24)(H,22,23). The molecular weight excluding hydrogens is 356 g/mol. The highest BCUT2D eigenvalue weighted by molar-refractivity contribution is 5.80. The number of carboxylic acid groups (broad SMARTS) is 1. The fourth-order valence-corrected chi connectivity index (χ4v) is 2.03. The van der Waals surface area contributed by atoms with Crippen molar-refractivity contribution in [2.24, 2.45) is 0 Å². The second kappa shape index (κ2) is 7.94. The largest absolute Gasteiger partial charge is 0.489 e. The van der Waals surface area contributed by atoms with E-state index in [2.05, 4.69) is 15.5 Å². The predicted octanol–water partition coefficient (Wildman–Crippen LogP) is 1.98. The third-order valence-corrected chi connectivity index (χ3v) is 3.19. The van der Waals surface area contributed by atoms with Crippen LogP contribution < -0.4 is 15.8 Å². The van der Waals surface area contributed by atoms with Gasteiger partial charge in [-0.2, -0.15) is 4.98 Å². The number of aryl methyl sites for hydroxylation is 1. The topological polar surface area (TPSA) is 150 Å². The fraction of sp³-hybridized carbons (Fsp3) is 0.412. The minimum Gasteiger partial charge on any atom is -0.489 e. The third kappa shape index (κ3) is 5.87. The average Bonchev–Trinajstić information content (AvgIpc) is 2.96. The highest BCUT2D eigenvalue weighted by Crippen LogP contribution is 2.27. The zero-order valence-corrected chi connectivity index (χ0v) is 15.5. The van der Waals surface area contributed by atoms with Gasteiger partial charge in [-0.25, -0.2) is 9.59 Å². The number of rotatable bonds is 6. The Labute approximate surface area is 155 Å². The van der Waals surface area contributed by atoms with Gasteiger partial charge in [0.05, 0.1) is 5.69 Å². The van der Waals surface area contributed by atoms with Crippen LogP contribution in [-0.2, 0) is 9.53 Å². The van der Waals surface area contributed by atoms with E-state index < -0.39 is 23.7 Å². The number of aromatic nitrogens is 2. The van der Waals surface area contributed by atoms with Gasteiger partial charge in [-0.3, -0.25) is 0 Å². The number of carboxylic acids is 1. The molecule has 10 nitrogen and oxygen atoms in total. The molecule has 1 aromatic heterocycles. The summed E-state index contributed by atoms with van der Waals surface area (Å²) in [7, 11) is 0. The van der Waals surface area contributed by atoms with Gasteiger partial charge in [-0.15, -0.1) is 0 Å². The van der Waals surface area contributed by atoms with Gasteiger partial charge in [0.2, 0.25) is 11.7 Å². The van der Waals surface area contributed by atoms with Crippen molar-refractivity contribution in [2.45, 2.75) is 39.3 Å². The first-order valence-electron chi connectivity index (χ1n) is 8.10. The van der Waals surface area contributed by atoms with Gasteiger partial charge in [-0.05, 0) is 39.0 Å². The molecule has 2 aromatic rings. The molecule has 0 saturated heterocycles. The number of amides is 1. The van der Waals surface area contributed by atoms with E-state index in [9.17, 15) is 14.7 Å². The third-order valence-electron chi connectivity index (χ3n) is 3.19. The maximum Gasteiger partial charge on any atom is 0.408 e. The number of hydrogen-bond acceptors (Lipinski definition) is 8. The molecule has 0 aliphatic rings. The molecule has 2 rings (SSSR count). The second-order valence-electron chi connectivity index (χ2n) is 6.74. The van der Waals surface area contributed by atoms with Crippen molar-refractivity contribution in [1.29, 1.82) is 0 Å². The van der Waals surface area contributed by atoms with E-state index in [-0.39, 0.29) is 18.0 Å². The van der Waals surface area contributed by atoms with Crippen LogP contribution in [0.25, 0.3) is 11.4 Å². The summed E-state index contributed by atoms with van der Waals surface area (Å²) in [4.78, 5) is 27.2. The van der Waals surface area contributed by atoms with Gasteiger partial charge in [0, 0.05) is 12.5 Å². The van der Waals surface area contributed by atoms with Crippen LogP contribution in [0.3, 0.4) is 0 Å². The summed E-state index contributed by atoms with van der Waals surface area (Å²) in [6, 6.07) is 3.49. The van der Waals surface area contributed by atoms with Crippen LogP contribution in [0, 0.1) is 6.92 Å². The number of carbonyl (C=O) groups excluding carboxylic acids is 1. The molecule has 0 spiro atoms. The van der Waals surface area contributed by atoms with Crippen molar-refractivity contribution < 1.29 is 28.7 Å². The summed E-state index contributed by atoms with van der Waals surface area (Å²) < 4.78 is 15.4. The lowest BCUT2D eigenvalue weighted by Gasteiger charge is -2.22. The molecule has 0 fully saturated rings. The molecule has 0 radical (unpaired) electrons. The number of aliphatic carboxylic acids is 1. The minimum absolute atomic E-state index is 0.260. The number of anilines is 1. The number of alkyl carbamates (subject to hydrolysis) is 1. The van der Waals surface area contributed by atoms with Crippen LogP contribution in [0.5, 0.6) is 5.75 Å². The maximum absolute atomic E-state index is 11.8. The molecule has 1 heterocycles. The predicted molar refractivity (Wildman–Crippen MR) is 95.2 cm³/mol. The Balaban J connectivity index is 2.02. The van der Waals surface area contributed by atoms with E-state index in [4.69, 9.17) is 19.7 Å². The molecule has 10 heteroatoms. The Morgan fingerprint density at radius 2 is 2.07 bits per heavy atom. The molecule has 0 saturated carbocycles. The summed E-state index contributed by atoms with van der Waals surface area (Å²) in [5.41, 5.74) is 6.08. The number of carbonyl (C=O) groups is 2. The van der Waals surface area contributed by atoms with Gasteiger partial charge >= 0.3 is 12.1 Å². The van der Waals surface area contributed by atoms with Gasteiger partial charge in [-0.1, -0.05) is 5.16 Å². The number of nitrogens with zero attached hydrogens (tertiary/aromatic N) is 2. The Morgan fingerprint density at radius 1 is 1.37 bits per heavy atom. The molecule has 0 aliphatic heterocycles. The molecule has 0 aliphatic carbocycles. The van der Waals surface area contributed by atoms with Crippen molar-refractivity contribution in [1.82, 2.24) is 15.5 Å². The van der Waals surface area contributed by atoms with Crippen LogP contribution in [0.4, 0.5) is 10.5 Å². The van der Waals surface area contributed by atoms with Crippen LogP contribution in [-0.4, -0.2) is 45.6 Å². The van der Waals surface area contributed by atoms with Crippen LogP contribution in [0.15, 0.2) is 22.7 Å². The van der Waals surface area contributed by atoms with Crippen molar-refractivity contribution in [3.05, 3.63) is 24.1 Å². The van der Waals surface area contributed by atoms with Crippen molar-refractivity contribution in [2.75, 3.05) is 12.3 Å². The quantitative estimate of drug-likeness (QED) is 0.641. The van der Waals surface area contributed by atoms with Gasteiger partial charge in [0.25, 0.3) is 0 Å². The number of hydrogen-bond donors (Lipinski definition) is 3. The molecule has 1 aromatic carbocycles. The summed E-state index contributed by atoms with van der Waals surface area (Å²) in [6.45, 7) is 6.35. The normalized spacial score (nSPS) is 12.3. The number of ether oxygens (including phenoxy) is 2. The van der Waals surface area contributed by atoms with E-state index in [1.54, 1.807) is 45.9 Å². The number of nitrogens with one attached hydrogen (secondary N) is 1. The molecule has 1 unspecified atom stereocenters. The summed E-state index contributed by atoms with van der Waals surface area (Å²) >= 11 is 0. The summed E-state index contributed by atoms with van der Waals surface area (Å²) in [6.07, 6.45) is -0.853. The second-order valence-corrected chi connectivity index (χ2v) is 6.74. The van der Waals surface area contributed by atoms with Crippen molar-refractivity contribution >= 4 is 17.7 Å². The van der Waals surface area contributed by atoms with E-state index in [1.807, 2.05) is 0 Å². The van der Waals surface area contributed by atoms with Gasteiger partial charge in [0.15, 0.2) is 6.04 Å². The van der Waals surface area contributed by atoms with E-state index in [0.29, 0.717) is 17.3 Å². The van der Waals surface area contributed by atoms with Crippen LogP contribution in [0.2, 0.25) is 0 Å². The zero-order valence-electron chi connectivity index (χ0n) is 15.5. The fourth-order valence-electron chi connectivity index (χ4n) is 2.03.